The van der Waals surface area contributed by atoms with E-state index in [9.17, 15) is 20.1 Å². The third-order valence-electron chi connectivity index (χ3n) is 3.88. The van der Waals surface area contributed by atoms with Gasteiger partial charge in [0.05, 0.1) is 18.6 Å². The van der Waals surface area contributed by atoms with Gasteiger partial charge in [0.15, 0.2) is 0 Å². The van der Waals surface area contributed by atoms with Crippen molar-refractivity contribution >= 4 is 6.09 Å². The molecule has 0 spiro atoms. The fourth-order valence-corrected chi connectivity index (χ4v) is 2.72. The maximum Gasteiger partial charge on any atom is 0.410 e. The third-order valence-corrected chi connectivity index (χ3v) is 3.88. The molecule has 3 N–H and O–H groups in total. The molecule has 1 aliphatic rings. The first kappa shape index (κ1) is 14.7. The molecule has 20 heavy (non-hydrogen) atoms. The average Bonchev–Trinajstić information content (AvgIpc) is 2.39. The summed E-state index contributed by atoms with van der Waals surface area (Å²) in [4.78, 5) is 12.0. The molecule has 1 aromatic carbocycles. The van der Waals surface area contributed by atoms with E-state index in [1.807, 2.05) is 6.92 Å². The minimum atomic E-state index is -2.42. The summed E-state index contributed by atoms with van der Waals surface area (Å²) in [5, 5.41) is 28.5. The van der Waals surface area contributed by atoms with Crippen LogP contribution in [0.1, 0.15) is 17.5 Å². The number of aryl methyl sites for hydroxylation is 1. The maximum absolute atomic E-state index is 15.5. The Bertz CT molecular complexity index is 492. The van der Waals surface area contributed by atoms with Gasteiger partial charge in [-0.15, -0.1) is 0 Å². The van der Waals surface area contributed by atoms with Crippen LogP contribution in [0, 0.1) is 12.8 Å². The van der Waals surface area contributed by atoms with Gasteiger partial charge in [0.2, 0.25) is 5.79 Å². The summed E-state index contributed by atoms with van der Waals surface area (Å²) < 4.78 is 15.5. The first-order valence-corrected chi connectivity index (χ1v) is 6.46. The Morgan fingerprint density at radius 1 is 1.45 bits per heavy atom. The Morgan fingerprint density at radius 2 is 2.05 bits per heavy atom. The summed E-state index contributed by atoms with van der Waals surface area (Å²) in [5.41, 5.74) is 1.04. The molecule has 2 rings (SSSR count). The van der Waals surface area contributed by atoms with Gasteiger partial charge in [-0.3, -0.25) is 4.90 Å². The molecule has 2 unspecified atom stereocenters. The molecule has 0 radical (unpaired) electrons. The van der Waals surface area contributed by atoms with E-state index in [1.54, 1.807) is 12.1 Å². The molecule has 1 amide bonds. The Labute approximate surface area is 116 Å². The number of rotatable bonds is 2. The molecule has 1 aliphatic heterocycles. The van der Waals surface area contributed by atoms with E-state index in [1.165, 1.54) is 12.1 Å². The van der Waals surface area contributed by atoms with E-state index in [2.05, 4.69) is 0 Å². The van der Waals surface area contributed by atoms with Crippen LogP contribution in [0.5, 0.6) is 0 Å². The van der Waals surface area contributed by atoms with Crippen LogP contribution < -0.4 is 0 Å². The molecule has 6 heteroatoms. The van der Waals surface area contributed by atoms with Crippen molar-refractivity contribution in [3.63, 3.8) is 0 Å². The van der Waals surface area contributed by atoms with E-state index in [4.69, 9.17) is 0 Å². The van der Waals surface area contributed by atoms with Crippen LogP contribution in [0.3, 0.4) is 0 Å². The lowest BCUT2D eigenvalue weighted by atomic mass is 9.80. The number of amides is 1. The normalized spacial score (nSPS) is 30.3. The summed E-state index contributed by atoms with van der Waals surface area (Å²) in [6.45, 7) is 1.09. The zero-order chi connectivity index (χ0) is 14.9. The average molecular weight is 283 g/mol. The van der Waals surface area contributed by atoms with E-state index in [0.29, 0.717) is 4.90 Å². The Balaban J connectivity index is 2.52. The second-order valence-corrected chi connectivity index (χ2v) is 5.12. The summed E-state index contributed by atoms with van der Waals surface area (Å²) >= 11 is 0. The fraction of sp³-hybridized carbons (Fsp3) is 0.500. The quantitative estimate of drug-likeness (QED) is 0.718. The summed E-state index contributed by atoms with van der Waals surface area (Å²) in [6.07, 6.45) is -2.38. The summed E-state index contributed by atoms with van der Waals surface area (Å²) in [6, 6.07) is 6.33. The highest BCUT2D eigenvalue weighted by Crippen LogP contribution is 2.43. The molecule has 0 saturated carbocycles. The number of carboxylic acid groups (broad SMARTS) is 1. The zero-order valence-electron chi connectivity index (χ0n) is 11.2. The van der Waals surface area contributed by atoms with Gasteiger partial charge in [-0.1, -0.05) is 29.8 Å². The second-order valence-electron chi connectivity index (χ2n) is 5.12. The number of hydrogen-bond acceptors (Lipinski definition) is 3. The lowest BCUT2D eigenvalue weighted by Gasteiger charge is -2.46. The molecular formula is C14H18FNO4. The molecule has 1 fully saturated rings. The highest BCUT2D eigenvalue weighted by atomic mass is 19.1. The van der Waals surface area contributed by atoms with E-state index in [0.717, 1.165) is 5.56 Å². The number of hydrogen-bond donors (Lipinski definition) is 3. The van der Waals surface area contributed by atoms with Crippen molar-refractivity contribution in [1.29, 1.82) is 0 Å². The van der Waals surface area contributed by atoms with Crippen LogP contribution >= 0.6 is 0 Å². The summed E-state index contributed by atoms with van der Waals surface area (Å²) in [5.74, 6) is -3.62. The van der Waals surface area contributed by atoms with E-state index < -0.39 is 30.5 Å². The molecule has 0 aromatic heterocycles. The number of likely N-dealkylation sites (tertiary alicyclic amines) is 1. The van der Waals surface area contributed by atoms with Gasteiger partial charge in [-0.25, -0.2) is 9.18 Å². The first-order chi connectivity index (χ1) is 9.41. The van der Waals surface area contributed by atoms with Crippen LogP contribution in [0.4, 0.5) is 9.18 Å². The number of alkyl halides is 1. The molecule has 1 heterocycles. The van der Waals surface area contributed by atoms with Crippen LogP contribution in [0.2, 0.25) is 0 Å². The van der Waals surface area contributed by atoms with Gasteiger partial charge in [-0.05, 0) is 13.3 Å². The van der Waals surface area contributed by atoms with Gasteiger partial charge in [0.1, 0.15) is 0 Å². The molecule has 1 saturated heterocycles. The van der Waals surface area contributed by atoms with Gasteiger partial charge in [0, 0.05) is 12.1 Å². The summed E-state index contributed by atoms with van der Waals surface area (Å²) in [7, 11) is 0. The van der Waals surface area contributed by atoms with E-state index >= 15 is 4.39 Å². The molecule has 3 atom stereocenters. The van der Waals surface area contributed by atoms with Crippen molar-refractivity contribution in [2.75, 3.05) is 13.2 Å². The predicted octanol–water partition coefficient (Wildman–Crippen LogP) is 1.47. The minimum absolute atomic E-state index is 0.106. The highest BCUT2D eigenvalue weighted by Gasteiger charge is 2.54. The van der Waals surface area contributed by atoms with Crippen molar-refractivity contribution in [2.45, 2.75) is 25.2 Å². The Morgan fingerprint density at radius 3 is 2.55 bits per heavy atom. The maximum atomic E-state index is 15.5. The van der Waals surface area contributed by atoms with Crippen molar-refractivity contribution in [1.82, 2.24) is 4.90 Å². The lowest BCUT2D eigenvalue weighted by Crippen LogP contribution is -2.59. The zero-order valence-corrected chi connectivity index (χ0v) is 11.2. The Kier molecular flexibility index (Phi) is 3.96. The number of aliphatic hydroxyl groups is 2. The monoisotopic (exact) mass is 283 g/mol. The fourth-order valence-electron chi connectivity index (χ4n) is 2.72. The number of benzene rings is 1. The van der Waals surface area contributed by atoms with Crippen molar-refractivity contribution < 1.29 is 24.5 Å². The molecule has 110 valence electrons. The SMILES string of the molecule is Cc1ccc(C2(F)C(CO)[C@@H](O)CCN2C(=O)O)cc1. The standard InChI is InChI=1S/C14H18FNO4/c1-9-2-4-10(5-3-9)14(15)11(8-17)12(18)6-7-16(14)13(19)20/h2-5,11-12,17-18H,6-8H2,1H3,(H,19,20)/t11?,12-,14?/m0/s1. The van der Waals surface area contributed by atoms with Crippen molar-refractivity contribution in [3.05, 3.63) is 35.4 Å². The van der Waals surface area contributed by atoms with Gasteiger partial charge in [-0.2, -0.15) is 0 Å². The van der Waals surface area contributed by atoms with E-state index in [-0.39, 0.29) is 18.5 Å². The molecule has 0 aliphatic carbocycles. The van der Waals surface area contributed by atoms with Crippen LogP contribution in [-0.2, 0) is 5.79 Å². The molecule has 1 aromatic rings. The number of piperidine rings is 1. The number of carbonyl (C=O) groups is 1. The lowest BCUT2D eigenvalue weighted by molar-refractivity contribution is -0.157. The highest BCUT2D eigenvalue weighted by molar-refractivity contribution is 5.66. The van der Waals surface area contributed by atoms with Gasteiger partial charge >= 0.3 is 6.09 Å². The number of halogens is 1. The topological polar surface area (TPSA) is 81.0 Å². The van der Waals surface area contributed by atoms with Crippen molar-refractivity contribution in [3.8, 4) is 0 Å². The van der Waals surface area contributed by atoms with Gasteiger partial charge < -0.3 is 15.3 Å². The molecular weight excluding hydrogens is 265 g/mol. The van der Waals surface area contributed by atoms with Crippen LogP contribution in [0.25, 0.3) is 0 Å². The Hall–Kier alpha value is -1.66. The second kappa shape index (κ2) is 5.38. The number of nitrogens with zero attached hydrogens (tertiary/aromatic N) is 1. The smallest absolute Gasteiger partial charge is 0.410 e. The third kappa shape index (κ3) is 2.25. The van der Waals surface area contributed by atoms with Crippen molar-refractivity contribution in [2.24, 2.45) is 5.92 Å². The predicted molar refractivity (Wildman–Crippen MR) is 69.9 cm³/mol. The number of aliphatic hydroxyl groups excluding tert-OH is 2. The van der Waals surface area contributed by atoms with Gasteiger partial charge in [0.25, 0.3) is 0 Å². The largest absolute Gasteiger partial charge is 0.465 e. The first-order valence-electron chi connectivity index (χ1n) is 6.46. The minimum Gasteiger partial charge on any atom is -0.465 e. The van der Waals surface area contributed by atoms with Crippen LogP contribution in [0.15, 0.2) is 24.3 Å². The van der Waals surface area contributed by atoms with Crippen LogP contribution in [-0.4, -0.2) is 45.6 Å². The molecule has 5 nitrogen and oxygen atoms in total. The molecule has 0 bridgehead atoms.